The SMILES string of the molecule is CC1CN(c2c(F)cc3c(=O)c(C(=O)O)c[nH]c3c2-c2ccc(F)cn2)CCN1. The lowest BCUT2D eigenvalue weighted by atomic mass is 10.00. The number of piperazine rings is 1. The number of carbonyl (C=O) groups is 1. The third-order valence-corrected chi connectivity index (χ3v) is 5.00. The van der Waals surface area contributed by atoms with Crippen LogP contribution in [0.3, 0.4) is 0 Å². The molecular weight excluding hydrogens is 382 g/mol. The lowest BCUT2D eigenvalue weighted by Crippen LogP contribution is -2.49. The molecule has 3 N–H and O–H groups in total. The molecule has 9 heteroatoms. The summed E-state index contributed by atoms with van der Waals surface area (Å²) in [6, 6.07) is 3.77. The summed E-state index contributed by atoms with van der Waals surface area (Å²) >= 11 is 0. The van der Waals surface area contributed by atoms with Gasteiger partial charge in [0.15, 0.2) is 0 Å². The molecule has 1 saturated heterocycles. The normalized spacial score (nSPS) is 16.9. The number of carboxylic acid groups (broad SMARTS) is 1. The van der Waals surface area contributed by atoms with Crippen LogP contribution in [-0.2, 0) is 0 Å². The van der Waals surface area contributed by atoms with E-state index in [9.17, 15) is 19.1 Å². The number of pyridine rings is 2. The van der Waals surface area contributed by atoms with Crippen molar-refractivity contribution in [3.63, 3.8) is 0 Å². The zero-order valence-electron chi connectivity index (χ0n) is 15.5. The van der Waals surface area contributed by atoms with Crippen molar-refractivity contribution in [2.75, 3.05) is 24.5 Å². The lowest BCUT2D eigenvalue weighted by Gasteiger charge is -2.35. The average molecular weight is 400 g/mol. The van der Waals surface area contributed by atoms with Crippen molar-refractivity contribution in [3.05, 3.63) is 58.0 Å². The molecule has 1 atom stereocenters. The third-order valence-electron chi connectivity index (χ3n) is 5.00. The van der Waals surface area contributed by atoms with E-state index in [0.29, 0.717) is 25.2 Å². The Kier molecular flexibility index (Phi) is 4.75. The van der Waals surface area contributed by atoms with E-state index < -0.39 is 28.6 Å². The topological polar surface area (TPSA) is 98.3 Å². The maximum absolute atomic E-state index is 15.3. The zero-order chi connectivity index (χ0) is 20.7. The number of fused-ring (bicyclic) bond motifs is 1. The minimum Gasteiger partial charge on any atom is -0.477 e. The van der Waals surface area contributed by atoms with Crippen LogP contribution in [0, 0.1) is 11.6 Å². The van der Waals surface area contributed by atoms with Crippen LogP contribution >= 0.6 is 0 Å². The van der Waals surface area contributed by atoms with Crippen LogP contribution in [-0.4, -0.2) is 46.7 Å². The fraction of sp³-hybridized carbons (Fsp3) is 0.250. The molecule has 4 rings (SSSR count). The Bertz CT molecular complexity index is 1160. The number of aromatic carboxylic acids is 1. The van der Waals surface area contributed by atoms with Crippen molar-refractivity contribution >= 4 is 22.6 Å². The molecule has 1 aromatic carbocycles. The molecule has 1 aliphatic rings. The van der Waals surface area contributed by atoms with Crippen molar-refractivity contribution in [3.8, 4) is 11.3 Å². The van der Waals surface area contributed by atoms with E-state index >= 15 is 4.39 Å². The summed E-state index contributed by atoms with van der Waals surface area (Å²) in [6.45, 7) is 3.66. The van der Waals surface area contributed by atoms with Gasteiger partial charge in [0, 0.05) is 31.9 Å². The number of hydrogen-bond acceptors (Lipinski definition) is 5. The summed E-state index contributed by atoms with van der Waals surface area (Å²) in [5, 5.41) is 12.4. The first-order chi connectivity index (χ1) is 13.9. The number of H-pyrrole nitrogens is 1. The second kappa shape index (κ2) is 7.25. The molecule has 1 fully saturated rings. The van der Waals surface area contributed by atoms with Crippen LogP contribution in [0.4, 0.5) is 14.5 Å². The van der Waals surface area contributed by atoms with Crippen molar-refractivity contribution in [1.29, 1.82) is 0 Å². The third kappa shape index (κ3) is 3.33. The molecule has 0 bridgehead atoms. The van der Waals surface area contributed by atoms with Crippen LogP contribution in [0.15, 0.2) is 35.4 Å². The van der Waals surface area contributed by atoms with Crippen molar-refractivity contribution in [1.82, 2.24) is 15.3 Å². The molecule has 7 nitrogen and oxygen atoms in total. The molecule has 0 aliphatic carbocycles. The van der Waals surface area contributed by atoms with Crippen LogP contribution < -0.4 is 15.6 Å². The van der Waals surface area contributed by atoms with E-state index in [4.69, 9.17) is 0 Å². The monoisotopic (exact) mass is 400 g/mol. The number of aromatic nitrogens is 2. The van der Waals surface area contributed by atoms with Gasteiger partial charge in [-0.2, -0.15) is 0 Å². The van der Waals surface area contributed by atoms with Gasteiger partial charge in [0.25, 0.3) is 0 Å². The minimum absolute atomic E-state index is 0.101. The largest absolute Gasteiger partial charge is 0.477 e. The van der Waals surface area contributed by atoms with E-state index in [2.05, 4.69) is 15.3 Å². The molecule has 2 aromatic heterocycles. The van der Waals surface area contributed by atoms with Gasteiger partial charge in [-0.3, -0.25) is 9.78 Å². The number of rotatable bonds is 3. The summed E-state index contributed by atoms with van der Waals surface area (Å²) < 4.78 is 28.7. The number of benzene rings is 1. The number of hydrogen-bond donors (Lipinski definition) is 3. The molecule has 0 radical (unpaired) electrons. The average Bonchev–Trinajstić information content (AvgIpc) is 2.68. The minimum atomic E-state index is -1.41. The first-order valence-electron chi connectivity index (χ1n) is 9.08. The first kappa shape index (κ1) is 19.0. The molecular formula is C20H18F2N4O3. The molecule has 1 unspecified atom stereocenters. The smallest absolute Gasteiger partial charge is 0.341 e. The number of carboxylic acids is 1. The summed E-state index contributed by atoms with van der Waals surface area (Å²) in [7, 11) is 0. The Hall–Kier alpha value is -3.33. The first-order valence-corrected chi connectivity index (χ1v) is 9.08. The molecule has 0 saturated carbocycles. The van der Waals surface area contributed by atoms with Gasteiger partial charge in [0.1, 0.15) is 17.2 Å². The lowest BCUT2D eigenvalue weighted by molar-refractivity contribution is 0.0695. The van der Waals surface area contributed by atoms with E-state index in [0.717, 1.165) is 18.5 Å². The van der Waals surface area contributed by atoms with Gasteiger partial charge >= 0.3 is 5.97 Å². The van der Waals surface area contributed by atoms with E-state index in [-0.39, 0.29) is 28.3 Å². The van der Waals surface area contributed by atoms with Gasteiger partial charge in [-0.15, -0.1) is 0 Å². The summed E-state index contributed by atoms with van der Waals surface area (Å²) in [5.74, 6) is -2.62. The highest BCUT2D eigenvalue weighted by Crippen LogP contribution is 2.38. The van der Waals surface area contributed by atoms with E-state index in [1.54, 1.807) is 0 Å². The Morgan fingerprint density at radius 1 is 1.34 bits per heavy atom. The van der Waals surface area contributed by atoms with Crippen molar-refractivity contribution < 1.29 is 18.7 Å². The predicted molar refractivity (Wildman–Crippen MR) is 104 cm³/mol. The molecule has 3 heterocycles. The van der Waals surface area contributed by atoms with Crippen LogP contribution in [0.1, 0.15) is 17.3 Å². The maximum Gasteiger partial charge on any atom is 0.341 e. The summed E-state index contributed by atoms with van der Waals surface area (Å²) in [4.78, 5) is 32.7. The Labute approximate surface area is 164 Å². The number of anilines is 1. The summed E-state index contributed by atoms with van der Waals surface area (Å²) in [6.07, 6.45) is 2.10. The van der Waals surface area contributed by atoms with Gasteiger partial charge in [0.2, 0.25) is 5.43 Å². The molecule has 0 spiro atoms. The fourth-order valence-electron chi connectivity index (χ4n) is 3.70. The summed E-state index contributed by atoms with van der Waals surface area (Å²) in [5.41, 5.74) is -0.225. The van der Waals surface area contributed by atoms with Crippen LogP contribution in [0.5, 0.6) is 0 Å². The van der Waals surface area contributed by atoms with Gasteiger partial charge in [-0.25, -0.2) is 13.6 Å². The Morgan fingerprint density at radius 2 is 2.14 bits per heavy atom. The second-order valence-corrected chi connectivity index (χ2v) is 7.00. The highest BCUT2D eigenvalue weighted by Gasteiger charge is 2.26. The molecule has 1 aliphatic heterocycles. The Balaban J connectivity index is 2.06. The zero-order valence-corrected chi connectivity index (χ0v) is 15.5. The maximum atomic E-state index is 15.3. The Morgan fingerprint density at radius 3 is 2.79 bits per heavy atom. The number of nitrogens with one attached hydrogen (secondary N) is 2. The highest BCUT2D eigenvalue weighted by molar-refractivity contribution is 6.02. The molecule has 3 aromatic rings. The van der Waals surface area contributed by atoms with Crippen molar-refractivity contribution in [2.45, 2.75) is 13.0 Å². The number of halogens is 2. The molecule has 29 heavy (non-hydrogen) atoms. The van der Waals surface area contributed by atoms with Crippen molar-refractivity contribution in [2.24, 2.45) is 0 Å². The van der Waals surface area contributed by atoms with E-state index in [1.165, 1.54) is 12.1 Å². The molecule has 150 valence electrons. The second-order valence-electron chi connectivity index (χ2n) is 7.00. The van der Waals surface area contributed by atoms with E-state index in [1.807, 2.05) is 11.8 Å². The standard InChI is InChI=1S/C20H18F2N4O3/c1-10-9-26(5-4-23-10)18-14(22)6-12-17(25-8-13(19(12)27)20(28)29)16(18)15-3-2-11(21)7-24-15/h2-3,6-8,10,23H,4-5,9H2,1H3,(H,25,27)(H,28,29). The molecule has 0 amide bonds. The quantitative estimate of drug-likeness (QED) is 0.625. The van der Waals surface area contributed by atoms with Crippen LogP contribution in [0.2, 0.25) is 0 Å². The highest BCUT2D eigenvalue weighted by atomic mass is 19.1. The van der Waals surface area contributed by atoms with Crippen LogP contribution in [0.25, 0.3) is 22.2 Å². The number of aromatic amines is 1. The van der Waals surface area contributed by atoms with Gasteiger partial charge in [-0.05, 0) is 25.1 Å². The number of nitrogens with zero attached hydrogens (tertiary/aromatic N) is 2. The van der Waals surface area contributed by atoms with Gasteiger partial charge < -0.3 is 20.3 Å². The predicted octanol–water partition coefficient (Wildman–Crippen LogP) is 2.36. The van der Waals surface area contributed by atoms with Gasteiger partial charge in [0.05, 0.1) is 34.0 Å². The van der Waals surface area contributed by atoms with Gasteiger partial charge in [-0.1, -0.05) is 0 Å². The fourth-order valence-corrected chi connectivity index (χ4v) is 3.70.